The third-order valence-electron chi connectivity index (χ3n) is 4.44. The number of hydrogen-bond acceptors (Lipinski definition) is 3. The molecular formula is C19H20F2N4. The van der Waals surface area contributed by atoms with Crippen molar-refractivity contribution in [3.63, 3.8) is 0 Å². The van der Waals surface area contributed by atoms with Crippen molar-refractivity contribution in [1.29, 1.82) is 0 Å². The van der Waals surface area contributed by atoms with Crippen LogP contribution in [0.3, 0.4) is 0 Å². The van der Waals surface area contributed by atoms with E-state index < -0.39 is 6.17 Å². The van der Waals surface area contributed by atoms with E-state index in [4.69, 9.17) is 0 Å². The second-order valence-electron chi connectivity index (χ2n) is 7.07. The van der Waals surface area contributed by atoms with Gasteiger partial charge in [-0.2, -0.15) is 0 Å². The van der Waals surface area contributed by atoms with Crippen LogP contribution in [0.25, 0.3) is 16.7 Å². The van der Waals surface area contributed by atoms with Crippen LogP contribution in [-0.4, -0.2) is 34.0 Å². The van der Waals surface area contributed by atoms with Gasteiger partial charge in [-0.05, 0) is 42.2 Å². The molecule has 0 spiro atoms. The maximum absolute atomic E-state index is 14.3. The van der Waals surface area contributed by atoms with Crippen molar-refractivity contribution in [2.45, 2.75) is 26.4 Å². The highest BCUT2D eigenvalue weighted by molar-refractivity contribution is 5.75. The van der Waals surface area contributed by atoms with E-state index in [0.29, 0.717) is 30.3 Å². The quantitative estimate of drug-likeness (QED) is 0.721. The van der Waals surface area contributed by atoms with Gasteiger partial charge in [0, 0.05) is 23.5 Å². The van der Waals surface area contributed by atoms with Gasteiger partial charge in [-0.25, -0.2) is 18.4 Å². The summed E-state index contributed by atoms with van der Waals surface area (Å²) in [5, 5.41) is 5.28. The Labute approximate surface area is 145 Å². The van der Waals surface area contributed by atoms with E-state index in [1.54, 1.807) is 18.3 Å². The number of benzene rings is 1. The maximum Gasteiger partial charge on any atom is 0.181 e. The van der Waals surface area contributed by atoms with Gasteiger partial charge >= 0.3 is 0 Å². The highest BCUT2D eigenvalue weighted by Crippen LogP contribution is 2.27. The van der Waals surface area contributed by atoms with E-state index >= 15 is 0 Å². The van der Waals surface area contributed by atoms with Crippen molar-refractivity contribution < 1.29 is 8.78 Å². The highest BCUT2D eigenvalue weighted by atomic mass is 19.1. The number of alkyl halides is 1. The fraction of sp³-hybridized carbons (Fsp3) is 0.368. The van der Waals surface area contributed by atoms with Gasteiger partial charge in [-0.1, -0.05) is 13.8 Å². The summed E-state index contributed by atoms with van der Waals surface area (Å²) in [7, 11) is 0. The molecule has 0 radical (unpaired) electrons. The molecule has 0 saturated carbocycles. The zero-order chi connectivity index (χ0) is 17.6. The van der Waals surface area contributed by atoms with Crippen molar-refractivity contribution in [2.24, 2.45) is 5.92 Å². The van der Waals surface area contributed by atoms with Crippen molar-refractivity contribution in [3.05, 3.63) is 48.0 Å². The molecule has 0 aliphatic carbocycles. The van der Waals surface area contributed by atoms with Crippen LogP contribution in [0.5, 0.6) is 0 Å². The van der Waals surface area contributed by atoms with E-state index in [1.807, 2.05) is 11.1 Å². The van der Waals surface area contributed by atoms with Crippen LogP contribution >= 0.6 is 0 Å². The monoisotopic (exact) mass is 342 g/mol. The molecule has 3 aromatic rings. The lowest BCUT2D eigenvalue weighted by Crippen LogP contribution is -2.48. The van der Waals surface area contributed by atoms with E-state index in [1.165, 1.54) is 10.7 Å². The zero-order valence-electron chi connectivity index (χ0n) is 14.3. The number of fused-ring (bicyclic) bond motifs is 1. The third kappa shape index (κ3) is 3.08. The molecule has 2 aromatic heterocycles. The van der Waals surface area contributed by atoms with Crippen LogP contribution in [0.2, 0.25) is 0 Å². The molecule has 1 aliphatic heterocycles. The predicted molar refractivity (Wildman–Crippen MR) is 94.5 cm³/mol. The lowest BCUT2D eigenvalue weighted by molar-refractivity contribution is 0.275. The van der Waals surface area contributed by atoms with Gasteiger partial charge in [-0.15, -0.1) is 5.10 Å². The Balaban J connectivity index is 1.70. The molecule has 0 bridgehead atoms. The maximum atomic E-state index is 14.3. The number of nitrogens with zero attached hydrogens (tertiary/aromatic N) is 4. The molecule has 1 aromatic carbocycles. The second-order valence-corrected chi connectivity index (χ2v) is 7.07. The van der Waals surface area contributed by atoms with Gasteiger partial charge in [0.05, 0.1) is 13.1 Å². The lowest BCUT2D eigenvalue weighted by Gasteiger charge is -2.36. The molecule has 0 atom stereocenters. The van der Waals surface area contributed by atoms with Gasteiger partial charge in [0.1, 0.15) is 17.7 Å². The molecule has 6 heteroatoms. The number of rotatable bonds is 4. The minimum Gasteiger partial charge on any atom is -0.365 e. The molecule has 1 fully saturated rings. The summed E-state index contributed by atoms with van der Waals surface area (Å²) in [6.45, 7) is 5.02. The Kier molecular flexibility index (Phi) is 3.90. The topological polar surface area (TPSA) is 34.0 Å². The van der Waals surface area contributed by atoms with Crippen LogP contribution in [0.4, 0.5) is 14.5 Å². The van der Waals surface area contributed by atoms with Gasteiger partial charge in [0.15, 0.2) is 5.65 Å². The fourth-order valence-corrected chi connectivity index (χ4v) is 3.18. The van der Waals surface area contributed by atoms with Gasteiger partial charge in [-0.3, -0.25) is 0 Å². The Morgan fingerprint density at radius 1 is 1.24 bits per heavy atom. The standard InChI is InChI=1S/C19H20F2N4/c1-12(2)5-13-6-14-9-25(23-19(14)22-8-13)18-7-16(3-4-17(18)21)24-10-15(20)11-24/h3-4,6-9,12,15H,5,10-11H2,1-2H3. The number of halogens is 2. The number of pyridine rings is 1. The van der Waals surface area contributed by atoms with Crippen molar-refractivity contribution in [1.82, 2.24) is 14.8 Å². The van der Waals surface area contributed by atoms with Crippen molar-refractivity contribution in [3.8, 4) is 5.69 Å². The first-order valence-electron chi connectivity index (χ1n) is 8.53. The molecular weight excluding hydrogens is 322 g/mol. The summed E-state index contributed by atoms with van der Waals surface area (Å²) in [5.41, 5.74) is 2.89. The molecule has 4 nitrogen and oxygen atoms in total. The molecule has 0 amide bonds. The normalized spacial score (nSPS) is 15.2. The molecule has 0 unspecified atom stereocenters. The Hall–Kier alpha value is -2.50. The highest BCUT2D eigenvalue weighted by Gasteiger charge is 2.27. The molecule has 0 N–H and O–H groups in total. The Morgan fingerprint density at radius 3 is 2.76 bits per heavy atom. The zero-order valence-corrected chi connectivity index (χ0v) is 14.3. The van der Waals surface area contributed by atoms with Crippen LogP contribution in [-0.2, 0) is 6.42 Å². The lowest BCUT2D eigenvalue weighted by atomic mass is 10.0. The molecule has 3 heterocycles. The SMILES string of the molecule is CC(C)Cc1cnc2nn(-c3cc(N4CC(F)C4)ccc3F)cc2c1. The molecule has 25 heavy (non-hydrogen) atoms. The number of hydrogen-bond donors (Lipinski definition) is 0. The van der Waals surface area contributed by atoms with Crippen LogP contribution in [0.15, 0.2) is 36.7 Å². The first kappa shape index (κ1) is 16.0. The summed E-state index contributed by atoms with van der Waals surface area (Å²) >= 11 is 0. The fourth-order valence-electron chi connectivity index (χ4n) is 3.18. The van der Waals surface area contributed by atoms with Gasteiger partial charge < -0.3 is 4.90 Å². The van der Waals surface area contributed by atoms with E-state index in [0.717, 1.165) is 23.1 Å². The minimum atomic E-state index is -0.802. The second kappa shape index (κ2) is 6.10. The Morgan fingerprint density at radius 2 is 2.04 bits per heavy atom. The summed E-state index contributed by atoms with van der Waals surface area (Å²) < 4.78 is 28.9. The summed E-state index contributed by atoms with van der Waals surface area (Å²) in [6, 6.07) is 6.84. The van der Waals surface area contributed by atoms with E-state index in [9.17, 15) is 8.78 Å². The first-order chi connectivity index (χ1) is 12.0. The van der Waals surface area contributed by atoms with Gasteiger partial charge in [0.25, 0.3) is 0 Å². The van der Waals surface area contributed by atoms with Gasteiger partial charge in [0.2, 0.25) is 0 Å². The molecule has 130 valence electrons. The van der Waals surface area contributed by atoms with Crippen molar-refractivity contribution in [2.75, 3.05) is 18.0 Å². The average Bonchev–Trinajstić information content (AvgIpc) is 2.95. The summed E-state index contributed by atoms with van der Waals surface area (Å²) in [6.07, 6.45) is 3.76. The predicted octanol–water partition coefficient (Wildman–Crippen LogP) is 3.92. The van der Waals surface area contributed by atoms with Crippen LogP contribution < -0.4 is 4.90 Å². The summed E-state index contributed by atoms with van der Waals surface area (Å²) in [5.74, 6) is 0.176. The Bertz CT molecular complexity index is 913. The minimum absolute atomic E-state index is 0.350. The average molecular weight is 342 g/mol. The first-order valence-corrected chi connectivity index (χ1v) is 8.53. The largest absolute Gasteiger partial charge is 0.365 e. The smallest absolute Gasteiger partial charge is 0.181 e. The third-order valence-corrected chi connectivity index (χ3v) is 4.44. The van der Waals surface area contributed by atoms with Crippen LogP contribution in [0, 0.1) is 11.7 Å². The molecule has 1 saturated heterocycles. The molecule has 4 rings (SSSR count). The number of anilines is 1. The number of aromatic nitrogens is 3. The van der Waals surface area contributed by atoms with Crippen molar-refractivity contribution >= 4 is 16.7 Å². The van der Waals surface area contributed by atoms with E-state index in [-0.39, 0.29) is 5.82 Å². The van der Waals surface area contributed by atoms with E-state index in [2.05, 4.69) is 30.0 Å². The molecule has 1 aliphatic rings. The summed E-state index contributed by atoms with van der Waals surface area (Å²) in [4.78, 5) is 6.28. The van der Waals surface area contributed by atoms with Crippen LogP contribution in [0.1, 0.15) is 19.4 Å².